The third-order valence-corrected chi connectivity index (χ3v) is 6.98. The highest BCUT2D eigenvalue weighted by atomic mass is 16.5. The van der Waals surface area contributed by atoms with Crippen LogP contribution in [0.1, 0.15) is 50.2 Å². The molecular formula is C26H30N2O5. The van der Waals surface area contributed by atoms with Gasteiger partial charge in [-0.25, -0.2) is 9.59 Å². The molecule has 4 rings (SSSR count). The van der Waals surface area contributed by atoms with Gasteiger partial charge in [-0.2, -0.15) is 0 Å². The molecule has 0 saturated carbocycles. The lowest BCUT2D eigenvalue weighted by Crippen LogP contribution is -2.52. The SMILES string of the molecule is CC(CCNC(=O)OCC1c2ccccc2-c2ccccc21)C(=O)N1CCC[C@@]1(C)C(=O)O. The van der Waals surface area contributed by atoms with Gasteiger partial charge in [-0.15, -0.1) is 0 Å². The zero-order valence-corrected chi connectivity index (χ0v) is 19.0. The van der Waals surface area contributed by atoms with Gasteiger partial charge in [-0.05, 0) is 48.4 Å². The van der Waals surface area contributed by atoms with E-state index >= 15 is 0 Å². The lowest BCUT2D eigenvalue weighted by molar-refractivity contribution is -0.156. The highest BCUT2D eigenvalue weighted by molar-refractivity contribution is 5.88. The molecular weight excluding hydrogens is 420 g/mol. The van der Waals surface area contributed by atoms with Crippen molar-refractivity contribution in [1.82, 2.24) is 10.2 Å². The molecule has 7 heteroatoms. The molecule has 2 N–H and O–H groups in total. The Balaban J connectivity index is 1.28. The van der Waals surface area contributed by atoms with Crippen LogP contribution in [0.15, 0.2) is 48.5 Å². The average Bonchev–Trinajstić information content (AvgIpc) is 3.36. The molecule has 2 atom stereocenters. The van der Waals surface area contributed by atoms with Gasteiger partial charge >= 0.3 is 12.1 Å². The highest BCUT2D eigenvalue weighted by Crippen LogP contribution is 2.44. The Morgan fingerprint density at radius 3 is 2.33 bits per heavy atom. The van der Waals surface area contributed by atoms with Crippen LogP contribution in [0.2, 0.25) is 0 Å². The number of carboxylic acids is 1. The number of amides is 2. The van der Waals surface area contributed by atoms with Gasteiger partial charge in [0, 0.05) is 24.9 Å². The Labute approximate surface area is 193 Å². The third kappa shape index (κ3) is 4.32. The molecule has 174 valence electrons. The summed E-state index contributed by atoms with van der Waals surface area (Å²) in [5.74, 6) is -1.56. The Morgan fingerprint density at radius 2 is 1.73 bits per heavy atom. The smallest absolute Gasteiger partial charge is 0.407 e. The van der Waals surface area contributed by atoms with Crippen LogP contribution in [0.3, 0.4) is 0 Å². The summed E-state index contributed by atoms with van der Waals surface area (Å²) in [4.78, 5) is 38.2. The molecule has 2 aromatic carbocycles. The minimum atomic E-state index is -1.15. The first-order chi connectivity index (χ1) is 15.8. The van der Waals surface area contributed by atoms with Crippen molar-refractivity contribution in [2.24, 2.45) is 5.92 Å². The summed E-state index contributed by atoms with van der Waals surface area (Å²) in [6.45, 7) is 4.33. The van der Waals surface area contributed by atoms with E-state index in [2.05, 4.69) is 29.6 Å². The van der Waals surface area contributed by atoms with E-state index in [0.29, 0.717) is 25.8 Å². The van der Waals surface area contributed by atoms with Crippen molar-refractivity contribution in [3.8, 4) is 11.1 Å². The lowest BCUT2D eigenvalue weighted by Gasteiger charge is -2.33. The highest BCUT2D eigenvalue weighted by Gasteiger charge is 2.46. The van der Waals surface area contributed by atoms with E-state index in [0.717, 1.165) is 11.1 Å². The summed E-state index contributed by atoms with van der Waals surface area (Å²) in [6.07, 6.45) is 1.03. The summed E-state index contributed by atoms with van der Waals surface area (Å²) in [5, 5.41) is 12.3. The number of nitrogens with zero attached hydrogens (tertiary/aromatic N) is 1. The van der Waals surface area contributed by atoms with Crippen molar-refractivity contribution in [2.45, 2.75) is 44.6 Å². The maximum atomic E-state index is 12.8. The van der Waals surface area contributed by atoms with E-state index in [1.54, 1.807) is 13.8 Å². The number of nitrogens with one attached hydrogen (secondary N) is 1. The average molecular weight is 451 g/mol. The molecule has 1 aliphatic carbocycles. The second-order valence-corrected chi connectivity index (χ2v) is 9.11. The Morgan fingerprint density at radius 1 is 1.12 bits per heavy atom. The fourth-order valence-corrected chi connectivity index (χ4v) is 4.97. The zero-order chi connectivity index (χ0) is 23.6. The lowest BCUT2D eigenvalue weighted by atomic mass is 9.97. The molecule has 1 unspecified atom stereocenters. The number of carbonyl (C=O) groups excluding carboxylic acids is 2. The molecule has 7 nitrogen and oxygen atoms in total. The van der Waals surface area contributed by atoms with Crippen LogP contribution in [0.25, 0.3) is 11.1 Å². The molecule has 2 aliphatic rings. The molecule has 0 aromatic heterocycles. The van der Waals surface area contributed by atoms with Gasteiger partial charge in [-0.1, -0.05) is 55.5 Å². The van der Waals surface area contributed by atoms with Crippen molar-refractivity contribution in [1.29, 1.82) is 0 Å². The second-order valence-electron chi connectivity index (χ2n) is 9.11. The van der Waals surface area contributed by atoms with Gasteiger partial charge in [0.1, 0.15) is 12.1 Å². The third-order valence-electron chi connectivity index (χ3n) is 6.98. The molecule has 1 aliphatic heterocycles. The number of ether oxygens (including phenoxy) is 1. The Hall–Kier alpha value is -3.35. The van der Waals surface area contributed by atoms with Crippen molar-refractivity contribution in [3.63, 3.8) is 0 Å². The predicted molar refractivity (Wildman–Crippen MR) is 124 cm³/mol. The van der Waals surface area contributed by atoms with Crippen molar-refractivity contribution >= 4 is 18.0 Å². The number of hydrogen-bond donors (Lipinski definition) is 2. The molecule has 33 heavy (non-hydrogen) atoms. The summed E-state index contributed by atoms with van der Waals surface area (Å²) in [7, 11) is 0. The van der Waals surface area contributed by atoms with E-state index in [-0.39, 0.29) is 25.0 Å². The fourth-order valence-electron chi connectivity index (χ4n) is 4.97. The number of carbonyl (C=O) groups is 3. The summed E-state index contributed by atoms with van der Waals surface area (Å²) in [5.41, 5.74) is 3.50. The molecule has 0 radical (unpaired) electrons. The van der Waals surface area contributed by atoms with Crippen LogP contribution >= 0.6 is 0 Å². The van der Waals surface area contributed by atoms with Crippen LogP contribution < -0.4 is 5.32 Å². The van der Waals surface area contributed by atoms with Crippen LogP contribution in [-0.2, 0) is 14.3 Å². The summed E-state index contributed by atoms with van der Waals surface area (Å²) >= 11 is 0. The molecule has 2 amide bonds. The van der Waals surface area contributed by atoms with Crippen molar-refractivity contribution in [2.75, 3.05) is 19.7 Å². The van der Waals surface area contributed by atoms with E-state index in [9.17, 15) is 19.5 Å². The van der Waals surface area contributed by atoms with E-state index in [1.807, 2.05) is 24.3 Å². The fraction of sp³-hybridized carbons (Fsp3) is 0.423. The molecule has 0 spiro atoms. The topological polar surface area (TPSA) is 95.9 Å². The minimum absolute atomic E-state index is 0.00693. The number of likely N-dealkylation sites (tertiary alicyclic amines) is 1. The first-order valence-corrected chi connectivity index (χ1v) is 11.5. The molecule has 1 fully saturated rings. The maximum Gasteiger partial charge on any atom is 0.407 e. The van der Waals surface area contributed by atoms with Crippen LogP contribution in [0.5, 0.6) is 0 Å². The number of carboxylic acid groups (broad SMARTS) is 1. The van der Waals surface area contributed by atoms with E-state index < -0.39 is 23.5 Å². The zero-order valence-electron chi connectivity index (χ0n) is 19.0. The number of alkyl carbamates (subject to hydrolysis) is 1. The number of benzene rings is 2. The Kier molecular flexibility index (Phi) is 6.40. The van der Waals surface area contributed by atoms with Gasteiger partial charge in [0.2, 0.25) is 5.91 Å². The standard InChI is InChI=1S/C26H30N2O5/c1-17(23(29)28-15-7-13-26(28,2)24(30)31)12-14-27-25(32)33-16-22-20-10-5-3-8-18(20)19-9-4-6-11-21(19)22/h3-6,8-11,17,22H,7,12-16H2,1-2H3,(H,27,32)(H,30,31)/t17?,26-/m0/s1. The first-order valence-electron chi connectivity index (χ1n) is 11.5. The van der Waals surface area contributed by atoms with Gasteiger partial charge in [0.05, 0.1) is 0 Å². The van der Waals surface area contributed by atoms with Gasteiger partial charge in [0.25, 0.3) is 0 Å². The molecule has 2 aromatic rings. The van der Waals surface area contributed by atoms with Crippen LogP contribution in [0.4, 0.5) is 4.79 Å². The van der Waals surface area contributed by atoms with Crippen LogP contribution in [-0.4, -0.2) is 53.2 Å². The quantitative estimate of drug-likeness (QED) is 0.664. The van der Waals surface area contributed by atoms with Gasteiger partial charge in [-0.3, -0.25) is 4.79 Å². The summed E-state index contributed by atoms with van der Waals surface area (Å²) in [6, 6.07) is 16.3. The number of fused-ring (bicyclic) bond motifs is 3. The summed E-state index contributed by atoms with van der Waals surface area (Å²) < 4.78 is 5.52. The van der Waals surface area contributed by atoms with E-state index in [1.165, 1.54) is 16.0 Å². The predicted octanol–water partition coefficient (Wildman–Crippen LogP) is 4.02. The van der Waals surface area contributed by atoms with Gasteiger partial charge < -0.3 is 20.1 Å². The normalized spacial score (nSPS) is 20.1. The van der Waals surface area contributed by atoms with Crippen molar-refractivity contribution in [3.05, 3.63) is 59.7 Å². The van der Waals surface area contributed by atoms with Crippen molar-refractivity contribution < 1.29 is 24.2 Å². The molecule has 1 saturated heterocycles. The second kappa shape index (κ2) is 9.25. The molecule has 1 heterocycles. The van der Waals surface area contributed by atoms with Crippen LogP contribution in [0, 0.1) is 5.92 Å². The minimum Gasteiger partial charge on any atom is -0.480 e. The maximum absolute atomic E-state index is 12.8. The number of aliphatic carboxylic acids is 1. The Bertz CT molecular complexity index is 1020. The first kappa shape index (κ1) is 22.8. The monoisotopic (exact) mass is 450 g/mol. The largest absolute Gasteiger partial charge is 0.480 e. The molecule has 0 bridgehead atoms. The number of hydrogen-bond acceptors (Lipinski definition) is 4. The van der Waals surface area contributed by atoms with Gasteiger partial charge in [0.15, 0.2) is 0 Å². The van der Waals surface area contributed by atoms with E-state index in [4.69, 9.17) is 4.74 Å². The number of rotatable bonds is 7.